The first-order valence-corrected chi connectivity index (χ1v) is 9.11. The van der Waals surface area contributed by atoms with Crippen LogP contribution in [0.3, 0.4) is 0 Å². The summed E-state index contributed by atoms with van der Waals surface area (Å²) in [5.74, 6) is 1.62. The van der Waals surface area contributed by atoms with Gasteiger partial charge in [0.15, 0.2) is 0 Å². The number of rotatable bonds is 6. The molecule has 1 atom stereocenters. The minimum atomic E-state index is 0.0189. The second kappa shape index (κ2) is 6.58. The fraction of sp³-hybridized carbons (Fsp3) is 0.778. The fourth-order valence-electron chi connectivity index (χ4n) is 3.94. The summed E-state index contributed by atoms with van der Waals surface area (Å²) in [5.41, 5.74) is 3.50. The summed E-state index contributed by atoms with van der Waals surface area (Å²) in [5, 5.41) is 3.45. The molecule has 1 unspecified atom stereocenters. The molecule has 1 saturated heterocycles. The Hall–Kier alpha value is -1.24. The summed E-state index contributed by atoms with van der Waals surface area (Å²) in [6.45, 7) is 8.34. The van der Waals surface area contributed by atoms with Gasteiger partial charge in [0.05, 0.1) is 30.9 Å². The van der Waals surface area contributed by atoms with E-state index in [0.717, 1.165) is 63.4 Å². The molecule has 1 aromatic heterocycles. The SMILES string of the molecule is COCCN1CCC2(COCc3c(C)nc(NCC4CC4)nc32)C1. The van der Waals surface area contributed by atoms with E-state index < -0.39 is 0 Å². The number of ether oxygens (including phenoxy) is 2. The van der Waals surface area contributed by atoms with Crippen LogP contribution in [0.2, 0.25) is 0 Å². The lowest BCUT2D eigenvalue weighted by Gasteiger charge is -2.35. The molecule has 6 heteroatoms. The first kappa shape index (κ1) is 16.2. The highest BCUT2D eigenvalue weighted by atomic mass is 16.5. The van der Waals surface area contributed by atoms with Crippen molar-refractivity contribution in [3.05, 3.63) is 17.0 Å². The van der Waals surface area contributed by atoms with Gasteiger partial charge in [-0.05, 0) is 38.6 Å². The summed E-state index contributed by atoms with van der Waals surface area (Å²) < 4.78 is 11.2. The van der Waals surface area contributed by atoms with Crippen LogP contribution in [-0.4, -0.2) is 61.4 Å². The Labute approximate surface area is 143 Å². The Morgan fingerprint density at radius 3 is 3.04 bits per heavy atom. The van der Waals surface area contributed by atoms with Crippen LogP contribution in [0.1, 0.15) is 36.2 Å². The number of anilines is 1. The van der Waals surface area contributed by atoms with Crippen molar-refractivity contribution >= 4 is 5.95 Å². The molecule has 2 aliphatic heterocycles. The molecule has 1 spiro atoms. The van der Waals surface area contributed by atoms with Gasteiger partial charge in [0, 0.05) is 38.0 Å². The van der Waals surface area contributed by atoms with E-state index in [1.165, 1.54) is 24.1 Å². The molecule has 0 bridgehead atoms. The van der Waals surface area contributed by atoms with Crippen LogP contribution >= 0.6 is 0 Å². The Morgan fingerprint density at radius 1 is 1.38 bits per heavy atom. The number of aromatic nitrogens is 2. The highest BCUT2D eigenvalue weighted by Crippen LogP contribution is 2.40. The van der Waals surface area contributed by atoms with Gasteiger partial charge in [-0.1, -0.05) is 0 Å². The molecular weight excluding hydrogens is 304 g/mol. The van der Waals surface area contributed by atoms with E-state index in [4.69, 9.17) is 14.5 Å². The molecule has 1 N–H and O–H groups in total. The molecule has 4 rings (SSSR count). The smallest absolute Gasteiger partial charge is 0.223 e. The maximum Gasteiger partial charge on any atom is 0.223 e. The molecule has 132 valence electrons. The molecule has 1 saturated carbocycles. The molecule has 0 radical (unpaired) electrons. The van der Waals surface area contributed by atoms with Crippen LogP contribution < -0.4 is 5.32 Å². The standard InChI is InChI=1S/C18H28N4O2/c1-13-15-10-24-12-18(5-6-22(11-18)7-8-23-2)16(15)21-17(20-13)19-9-14-3-4-14/h14H,3-12H2,1-2H3,(H,19,20,21). The van der Waals surface area contributed by atoms with Crippen LogP contribution in [0, 0.1) is 12.8 Å². The predicted octanol–water partition coefficient (Wildman–Crippen LogP) is 1.73. The molecule has 3 aliphatic rings. The van der Waals surface area contributed by atoms with Gasteiger partial charge < -0.3 is 14.8 Å². The number of fused-ring (bicyclic) bond motifs is 2. The number of nitrogens with one attached hydrogen (secondary N) is 1. The summed E-state index contributed by atoms with van der Waals surface area (Å²) in [6.07, 6.45) is 3.77. The average Bonchev–Trinajstić information content (AvgIpc) is 3.33. The maximum atomic E-state index is 5.96. The number of hydrogen-bond donors (Lipinski definition) is 1. The van der Waals surface area contributed by atoms with Crippen molar-refractivity contribution in [3.8, 4) is 0 Å². The molecule has 0 amide bonds. The van der Waals surface area contributed by atoms with Gasteiger partial charge in [-0.3, -0.25) is 4.90 Å². The molecule has 1 aromatic rings. The Balaban J connectivity index is 1.58. The van der Waals surface area contributed by atoms with Crippen LogP contribution in [0.25, 0.3) is 0 Å². The van der Waals surface area contributed by atoms with E-state index in [9.17, 15) is 0 Å². The van der Waals surface area contributed by atoms with Gasteiger partial charge in [-0.25, -0.2) is 9.97 Å². The third kappa shape index (κ3) is 3.15. The predicted molar refractivity (Wildman–Crippen MR) is 92.2 cm³/mol. The largest absolute Gasteiger partial charge is 0.383 e. The Kier molecular flexibility index (Phi) is 4.45. The zero-order valence-corrected chi connectivity index (χ0v) is 14.8. The topological polar surface area (TPSA) is 59.5 Å². The van der Waals surface area contributed by atoms with Crippen molar-refractivity contribution in [1.29, 1.82) is 0 Å². The van der Waals surface area contributed by atoms with Gasteiger partial charge >= 0.3 is 0 Å². The second-order valence-electron chi connectivity index (χ2n) is 7.58. The molecule has 0 aromatic carbocycles. The summed E-state index contributed by atoms with van der Waals surface area (Å²) in [7, 11) is 1.76. The summed E-state index contributed by atoms with van der Waals surface area (Å²) in [6, 6.07) is 0. The lowest BCUT2D eigenvalue weighted by molar-refractivity contribution is 0.0488. The maximum absolute atomic E-state index is 5.96. The van der Waals surface area contributed by atoms with Crippen molar-refractivity contribution in [2.75, 3.05) is 51.8 Å². The van der Waals surface area contributed by atoms with Crippen LogP contribution in [-0.2, 0) is 21.5 Å². The van der Waals surface area contributed by atoms with Crippen molar-refractivity contribution < 1.29 is 9.47 Å². The van der Waals surface area contributed by atoms with Gasteiger partial charge in [0.2, 0.25) is 5.95 Å². The second-order valence-corrected chi connectivity index (χ2v) is 7.58. The van der Waals surface area contributed by atoms with Gasteiger partial charge in [0.1, 0.15) is 0 Å². The molecule has 1 aliphatic carbocycles. The van der Waals surface area contributed by atoms with Crippen molar-refractivity contribution in [3.63, 3.8) is 0 Å². The first-order valence-electron chi connectivity index (χ1n) is 9.11. The lowest BCUT2D eigenvalue weighted by Crippen LogP contribution is -2.41. The normalized spacial score (nSPS) is 26.8. The highest BCUT2D eigenvalue weighted by molar-refractivity contribution is 5.40. The number of likely N-dealkylation sites (tertiary alicyclic amines) is 1. The number of aryl methyl sites for hydroxylation is 1. The number of hydrogen-bond acceptors (Lipinski definition) is 6. The van der Waals surface area contributed by atoms with E-state index >= 15 is 0 Å². The molecule has 2 fully saturated rings. The third-order valence-corrected chi connectivity index (χ3v) is 5.63. The molecule has 6 nitrogen and oxygen atoms in total. The monoisotopic (exact) mass is 332 g/mol. The molecule has 24 heavy (non-hydrogen) atoms. The van der Waals surface area contributed by atoms with Gasteiger partial charge in [0.25, 0.3) is 0 Å². The summed E-state index contributed by atoms with van der Waals surface area (Å²) in [4.78, 5) is 12.1. The van der Waals surface area contributed by atoms with Gasteiger partial charge in [-0.15, -0.1) is 0 Å². The summed E-state index contributed by atoms with van der Waals surface area (Å²) >= 11 is 0. The van der Waals surface area contributed by atoms with Crippen molar-refractivity contribution in [1.82, 2.24) is 14.9 Å². The lowest BCUT2D eigenvalue weighted by atomic mass is 9.80. The van der Waals surface area contributed by atoms with E-state index in [1.807, 2.05) is 0 Å². The van der Waals surface area contributed by atoms with E-state index in [-0.39, 0.29) is 5.41 Å². The highest BCUT2D eigenvalue weighted by Gasteiger charge is 2.45. The zero-order chi connectivity index (χ0) is 16.6. The average molecular weight is 332 g/mol. The quantitative estimate of drug-likeness (QED) is 0.856. The fourth-order valence-corrected chi connectivity index (χ4v) is 3.94. The van der Waals surface area contributed by atoms with E-state index in [1.54, 1.807) is 7.11 Å². The zero-order valence-electron chi connectivity index (χ0n) is 14.8. The molecule has 3 heterocycles. The Bertz CT molecular complexity index is 605. The van der Waals surface area contributed by atoms with E-state index in [0.29, 0.717) is 6.61 Å². The van der Waals surface area contributed by atoms with Crippen LogP contribution in [0.15, 0.2) is 0 Å². The van der Waals surface area contributed by atoms with E-state index in [2.05, 4.69) is 22.1 Å². The van der Waals surface area contributed by atoms with Gasteiger partial charge in [-0.2, -0.15) is 0 Å². The number of methoxy groups -OCH3 is 1. The first-order chi connectivity index (χ1) is 11.7. The number of nitrogens with zero attached hydrogens (tertiary/aromatic N) is 3. The minimum absolute atomic E-state index is 0.0189. The minimum Gasteiger partial charge on any atom is -0.383 e. The van der Waals surface area contributed by atoms with Crippen molar-refractivity contribution in [2.24, 2.45) is 5.92 Å². The third-order valence-electron chi connectivity index (χ3n) is 5.63. The molecular formula is C18H28N4O2. The van der Waals surface area contributed by atoms with Crippen molar-refractivity contribution in [2.45, 2.75) is 38.2 Å². The Morgan fingerprint density at radius 2 is 2.25 bits per heavy atom. The van der Waals surface area contributed by atoms with Crippen LogP contribution in [0.5, 0.6) is 0 Å². The van der Waals surface area contributed by atoms with Crippen LogP contribution in [0.4, 0.5) is 5.95 Å².